The van der Waals surface area contributed by atoms with Gasteiger partial charge in [0.2, 0.25) is 0 Å². The number of aliphatic hydroxyl groups excluding tert-OH is 1. The van der Waals surface area contributed by atoms with Gasteiger partial charge in [0, 0.05) is 12.1 Å². The number of ether oxygens (including phenoxy) is 1. The van der Waals surface area contributed by atoms with Gasteiger partial charge in [0.25, 0.3) is 5.91 Å². The van der Waals surface area contributed by atoms with Crippen molar-refractivity contribution in [3.05, 3.63) is 65.2 Å². The van der Waals surface area contributed by atoms with E-state index in [4.69, 9.17) is 16.3 Å². The first kappa shape index (κ1) is 17.3. The molecule has 2 rings (SSSR count). The zero-order valence-corrected chi connectivity index (χ0v) is 13.9. The third kappa shape index (κ3) is 4.71. The first-order valence-corrected chi connectivity index (χ1v) is 7.74. The SMILES string of the molecule is CC(C(O)c1ccccc1)N(C)C(=O)COc1ccc(Cl)cc1. The molecule has 2 aromatic rings. The summed E-state index contributed by atoms with van der Waals surface area (Å²) in [4.78, 5) is 13.7. The largest absolute Gasteiger partial charge is 0.484 e. The van der Waals surface area contributed by atoms with E-state index in [0.717, 1.165) is 5.56 Å². The predicted octanol–water partition coefficient (Wildman–Crippen LogP) is 3.30. The smallest absolute Gasteiger partial charge is 0.260 e. The molecule has 4 nitrogen and oxygen atoms in total. The van der Waals surface area contributed by atoms with E-state index in [2.05, 4.69) is 0 Å². The lowest BCUT2D eigenvalue weighted by atomic mass is 10.0. The Bertz CT molecular complexity index is 630. The zero-order chi connectivity index (χ0) is 16.8. The van der Waals surface area contributed by atoms with E-state index in [1.165, 1.54) is 4.90 Å². The average molecular weight is 334 g/mol. The minimum Gasteiger partial charge on any atom is -0.484 e. The standard InChI is InChI=1S/C18H20ClNO3/c1-13(18(22)14-6-4-3-5-7-14)20(2)17(21)12-23-16-10-8-15(19)9-11-16/h3-11,13,18,22H,12H2,1-2H3. The molecule has 0 aliphatic rings. The van der Waals surface area contributed by atoms with Crippen LogP contribution in [0.25, 0.3) is 0 Å². The minimum atomic E-state index is -0.749. The quantitative estimate of drug-likeness (QED) is 0.882. The Morgan fingerprint density at radius 3 is 2.39 bits per heavy atom. The summed E-state index contributed by atoms with van der Waals surface area (Å²) >= 11 is 5.80. The summed E-state index contributed by atoms with van der Waals surface area (Å²) in [6.07, 6.45) is -0.749. The third-order valence-corrected chi connectivity index (χ3v) is 4.03. The molecule has 2 aromatic carbocycles. The molecule has 2 atom stereocenters. The van der Waals surface area contributed by atoms with E-state index in [0.29, 0.717) is 10.8 Å². The molecular weight excluding hydrogens is 314 g/mol. The molecule has 5 heteroatoms. The van der Waals surface area contributed by atoms with Crippen molar-refractivity contribution in [3.8, 4) is 5.75 Å². The van der Waals surface area contributed by atoms with Gasteiger partial charge in [-0.2, -0.15) is 0 Å². The van der Waals surface area contributed by atoms with Crippen LogP contribution >= 0.6 is 11.6 Å². The summed E-state index contributed by atoms with van der Waals surface area (Å²) in [5.74, 6) is 0.370. The molecule has 0 radical (unpaired) electrons. The number of carbonyl (C=O) groups excluding carboxylic acids is 1. The number of amides is 1. The van der Waals surface area contributed by atoms with Crippen LogP contribution in [-0.4, -0.2) is 35.6 Å². The van der Waals surface area contributed by atoms with Crippen molar-refractivity contribution in [2.24, 2.45) is 0 Å². The normalized spacial score (nSPS) is 13.2. The Hall–Kier alpha value is -2.04. The lowest BCUT2D eigenvalue weighted by Gasteiger charge is -2.29. The van der Waals surface area contributed by atoms with Crippen molar-refractivity contribution in [3.63, 3.8) is 0 Å². The fourth-order valence-corrected chi connectivity index (χ4v) is 2.27. The maximum atomic E-state index is 12.2. The Morgan fingerprint density at radius 2 is 1.78 bits per heavy atom. The molecule has 0 bridgehead atoms. The van der Waals surface area contributed by atoms with Gasteiger partial charge in [0.1, 0.15) is 5.75 Å². The van der Waals surface area contributed by atoms with Gasteiger partial charge in [0.05, 0.1) is 12.1 Å². The second kappa shape index (κ2) is 7.99. The van der Waals surface area contributed by atoms with E-state index in [1.807, 2.05) is 30.3 Å². The van der Waals surface area contributed by atoms with E-state index in [-0.39, 0.29) is 18.6 Å². The molecule has 0 aliphatic heterocycles. The van der Waals surface area contributed by atoms with Crippen molar-refractivity contribution >= 4 is 17.5 Å². The van der Waals surface area contributed by atoms with Gasteiger partial charge in [-0.25, -0.2) is 0 Å². The third-order valence-electron chi connectivity index (χ3n) is 3.78. The number of rotatable bonds is 6. The monoisotopic (exact) mass is 333 g/mol. The van der Waals surface area contributed by atoms with Crippen molar-refractivity contribution in [1.29, 1.82) is 0 Å². The van der Waals surface area contributed by atoms with Crippen LogP contribution in [0, 0.1) is 0 Å². The highest BCUT2D eigenvalue weighted by molar-refractivity contribution is 6.30. The molecule has 2 unspecified atom stereocenters. The highest BCUT2D eigenvalue weighted by Crippen LogP contribution is 2.20. The topological polar surface area (TPSA) is 49.8 Å². The second-order valence-corrected chi connectivity index (χ2v) is 5.78. The summed E-state index contributed by atoms with van der Waals surface area (Å²) in [6, 6.07) is 15.7. The van der Waals surface area contributed by atoms with E-state index >= 15 is 0 Å². The van der Waals surface area contributed by atoms with E-state index in [1.54, 1.807) is 38.2 Å². The van der Waals surface area contributed by atoms with Gasteiger partial charge >= 0.3 is 0 Å². The first-order chi connectivity index (χ1) is 11.0. The number of hydrogen-bond donors (Lipinski definition) is 1. The van der Waals surface area contributed by atoms with Gasteiger partial charge in [-0.15, -0.1) is 0 Å². The summed E-state index contributed by atoms with van der Waals surface area (Å²) in [7, 11) is 1.66. The van der Waals surface area contributed by atoms with Crippen molar-refractivity contribution in [2.75, 3.05) is 13.7 Å². The Morgan fingerprint density at radius 1 is 1.17 bits per heavy atom. The molecule has 0 saturated carbocycles. The van der Waals surface area contributed by atoms with Gasteiger partial charge in [-0.3, -0.25) is 4.79 Å². The number of hydrogen-bond acceptors (Lipinski definition) is 3. The molecule has 0 aliphatic carbocycles. The molecule has 1 N–H and O–H groups in total. The zero-order valence-electron chi connectivity index (χ0n) is 13.1. The van der Waals surface area contributed by atoms with E-state index in [9.17, 15) is 9.90 Å². The van der Waals surface area contributed by atoms with Gasteiger partial charge in [-0.1, -0.05) is 41.9 Å². The van der Waals surface area contributed by atoms with Crippen LogP contribution in [0.2, 0.25) is 5.02 Å². The molecule has 1 amide bonds. The first-order valence-electron chi connectivity index (χ1n) is 7.36. The van der Waals surface area contributed by atoms with Crippen molar-refractivity contribution in [2.45, 2.75) is 19.1 Å². The molecule has 0 saturated heterocycles. The summed E-state index contributed by atoms with van der Waals surface area (Å²) in [5, 5.41) is 11.0. The minimum absolute atomic E-state index is 0.0933. The van der Waals surface area contributed by atoms with Gasteiger partial charge in [0.15, 0.2) is 6.61 Å². The lowest BCUT2D eigenvalue weighted by Crippen LogP contribution is -2.41. The van der Waals surface area contributed by atoms with Crippen molar-refractivity contribution < 1.29 is 14.6 Å². The number of halogens is 1. The molecular formula is C18H20ClNO3. The Balaban J connectivity index is 1.92. The van der Waals surface area contributed by atoms with Crippen LogP contribution in [-0.2, 0) is 4.79 Å². The average Bonchev–Trinajstić information content (AvgIpc) is 2.59. The second-order valence-electron chi connectivity index (χ2n) is 5.34. The van der Waals surface area contributed by atoms with Crippen LogP contribution in [0.1, 0.15) is 18.6 Å². The highest BCUT2D eigenvalue weighted by atomic mass is 35.5. The number of benzene rings is 2. The number of carbonyl (C=O) groups is 1. The van der Waals surface area contributed by atoms with Crippen LogP contribution in [0.3, 0.4) is 0 Å². The number of aliphatic hydroxyl groups is 1. The summed E-state index contributed by atoms with van der Waals surface area (Å²) in [6.45, 7) is 1.71. The fraction of sp³-hybridized carbons (Fsp3) is 0.278. The van der Waals surface area contributed by atoms with Gasteiger partial charge < -0.3 is 14.7 Å². The molecule has 0 fully saturated rings. The maximum Gasteiger partial charge on any atom is 0.260 e. The molecule has 0 heterocycles. The molecule has 122 valence electrons. The lowest BCUT2D eigenvalue weighted by molar-refractivity contribution is -0.136. The molecule has 0 spiro atoms. The molecule has 0 aromatic heterocycles. The molecule has 23 heavy (non-hydrogen) atoms. The Kier molecular flexibility index (Phi) is 6.02. The van der Waals surface area contributed by atoms with Crippen molar-refractivity contribution in [1.82, 2.24) is 4.90 Å². The van der Waals surface area contributed by atoms with E-state index < -0.39 is 6.10 Å². The van der Waals surface area contributed by atoms with Crippen LogP contribution in [0.15, 0.2) is 54.6 Å². The fourth-order valence-electron chi connectivity index (χ4n) is 2.15. The predicted molar refractivity (Wildman–Crippen MR) is 90.6 cm³/mol. The highest BCUT2D eigenvalue weighted by Gasteiger charge is 2.24. The summed E-state index contributed by atoms with van der Waals surface area (Å²) in [5.41, 5.74) is 0.776. The van der Waals surface area contributed by atoms with Gasteiger partial charge in [-0.05, 0) is 36.8 Å². The van der Waals surface area contributed by atoms with Crippen LogP contribution in [0.5, 0.6) is 5.75 Å². The summed E-state index contributed by atoms with van der Waals surface area (Å²) < 4.78 is 5.45. The van der Waals surface area contributed by atoms with Crippen LogP contribution < -0.4 is 4.74 Å². The number of nitrogens with zero attached hydrogens (tertiary/aromatic N) is 1. The number of likely N-dealkylation sites (N-methyl/N-ethyl adjacent to an activating group) is 1. The van der Waals surface area contributed by atoms with Crippen LogP contribution in [0.4, 0.5) is 0 Å². The maximum absolute atomic E-state index is 12.2. The Labute approximate surface area is 141 Å².